The van der Waals surface area contributed by atoms with Gasteiger partial charge in [-0.15, -0.1) is 0 Å². The van der Waals surface area contributed by atoms with Gasteiger partial charge in [0.15, 0.2) is 5.60 Å². The number of rotatable bonds is 3. The summed E-state index contributed by atoms with van der Waals surface area (Å²) in [6.07, 6.45) is -4.26. The minimum atomic E-state index is -4.26. The maximum Gasteiger partial charge on any atom is 0.419 e. The first kappa shape index (κ1) is 11.8. The number of nitrogens with zero attached hydrogens (tertiary/aromatic N) is 1. The van der Waals surface area contributed by atoms with Gasteiger partial charge >= 0.3 is 6.18 Å². The molecule has 0 aromatic heterocycles. The average Bonchev–Trinajstić information content (AvgIpc) is 1.91. The zero-order valence-electron chi connectivity index (χ0n) is 8.69. The fraction of sp³-hybridized carbons (Fsp3) is 1.00. The fourth-order valence-electron chi connectivity index (χ4n) is 1.60. The molecule has 2 nitrogen and oxygen atoms in total. The Bertz CT molecular complexity index is 197. The predicted octanol–water partition coefficient (Wildman–Crippen LogP) is 2.05. The zero-order valence-corrected chi connectivity index (χ0v) is 8.69. The van der Waals surface area contributed by atoms with Crippen LogP contribution < -0.4 is 0 Å². The van der Waals surface area contributed by atoms with Crippen molar-refractivity contribution < 1.29 is 17.9 Å². The van der Waals surface area contributed by atoms with E-state index in [1.807, 2.05) is 13.8 Å². The molecule has 84 valence electrons. The predicted molar refractivity (Wildman–Crippen MR) is 47.1 cm³/mol. The molecule has 0 atom stereocenters. The Balaban J connectivity index is 2.62. The van der Waals surface area contributed by atoms with E-state index in [-0.39, 0.29) is 25.7 Å². The van der Waals surface area contributed by atoms with E-state index in [1.54, 1.807) is 11.8 Å². The molecule has 1 aliphatic rings. The molecule has 0 N–H and O–H groups in total. The van der Waals surface area contributed by atoms with Crippen molar-refractivity contribution in [3.8, 4) is 0 Å². The van der Waals surface area contributed by atoms with Crippen molar-refractivity contribution in [3.63, 3.8) is 0 Å². The summed E-state index contributed by atoms with van der Waals surface area (Å²) in [6, 6.07) is 0.144. The van der Waals surface area contributed by atoms with Crippen molar-refractivity contribution in [2.45, 2.75) is 38.6 Å². The van der Waals surface area contributed by atoms with Crippen LogP contribution in [-0.2, 0) is 4.74 Å². The van der Waals surface area contributed by atoms with Gasteiger partial charge in [0, 0.05) is 25.7 Å². The minimum Gasteiger partial charge on any atom is -0.363 e. The molecule has 1 aliphatic heterocycles. The number of likely N-dealkylation sites (tertiary alicyclic amines) is 1. The van der Waals surface area contributed by atoms with E-state index in [0.29, 0.717) is 0 Å². The molecule has 0 aromatic carbocycles. The first-order valence-corrected chi connectivity index (χ1v) is 4.77. The normalized spacial score (nSPS) is 22.5. The highest BCUT2D eigenvalue weighted by molar-refractivity contribution is 5.03. The van der Waals surface area contributed by atoms with Crippen LogP contribution in [0.15, 0.2) is 0 Å². The fourth-order valence-corrected chi connectivity index (χ4v) is 1.60. The third-order valence-electron chi connectivity index (χ3n) is 2.58. The SMILES string of the molecule is CCOC1(C(F)(F)F)CN(C(C)C)C1. The molecule has 1 saturated heterocycles. The largest absolute Gasteiger partial charge is 0.419 e. The van der Waals surface area contributed by atoms with Crippen molar-refractivity contribution >= 4 is 0 Å². The standard InChI is InChI=1S/C9H16F3NO/c1-4-14-8(9(10,11)12)5-13(6-8)7(2)3/h7H,4-6H2,1-3H3. The molecular weight excluding hydrogens is 195 g/mol. The Morgan fingerprint density at radius 3 is 2.14 bits per heavy atom. The highest BCUT2D eigenvalue weighted by Gasteiger charge is 2.63. The minimum absolute atomic E-state index is 0.0397. The number of alkyl halides is 3. The summed E-state index contributed by atoms with van der Waals surface area (Å²) in [5, 5.41) is 0. The van der Waals surface area contributed by atoms with Gasteiger partial charge in [-0.2, -0.15) is 13.2 Å². The topological polar surface area (TPSA) is 12.5 Å². The molecule has 0 radical (unpaired) electrons. The maximum atomic E-state index is 12.6. The van der Waals surface area contributed by atoms with Gasteiger partial charge < -0.3 is 4.74 Å². The van der Waals surface area contributed by atoms with E-state index in [0.717, 1.165) is 0 Å². The smallest absolute Gasteiger partial charge is 0.363 e. The van der Waals surface area contributed by atoms with E-state index in [9.17, 15) is 13.2 Å². The highest BCUT2D eigenvalue weighted by atomic mass is 19.4. The van der Waals surface area contributed by atoms with Crippen LogP contribution in [0.25, 0.3) is 0 Å². The van der Waals surface area contributed by atoms with E-state index >= 15 is 0 Å². The highest BCUT2D eigenvalue weighted by Crippen LogP contribution is 2.41. The molecule has 0 aromatic rings. The number of hydrogen-bond acceptors (Lipinski definition) is 2. The number of ether oxygens (including phenoxy) is 1. The molecule has 1 rings (SSSR count). The summed E-state index contributed by atoms with van der Waals surface area (Å²) in [6.45, 7) is 5.37. The van der Waals surface area contributed by atoms with E-state index in [4.69, 9.17) is 4.74 Å². The Labute approximate surface area is 82.0 Å². The van der Waals surface area contributed by atoms with Gasteiger partial charge in [-0.25, -0.2) is 0 Å². The lowest BCUT2D eigenvalue weighted by molar-refractivity contribution is -0.320. The molecule has 0 bridgehead atoms. The summed E-state index contributed by atoms with van der Waals surface area (Å²) < 4.78 is 42.7. The van der Waals surface area contributed by atoms with Gasteiger partial charge in [0.05, 0.1) is 0 Å². The molecule has 14 heavy (non-hydrogen) atoms. The Morgan fingerprint density at radius 1 is 1.36 bits per heavy atom. The van der Waals surface area contributed by atoms with Gasteiger partial charge in [-0.3, -0.25) is 4.90 Å². The van der Waals surface area contributed by atoms with E-state index < -0.39 is 11.8 Å². The third-order valence-corrected chi connectivity index (χ3v) is 2.58. The lowest BCUT2D eigenvalue weighted by Crippen LogP contribution is -2.71. The Kier molecular flexibility index (Phi) is 3.11. The molecule has 5 heteroatoms. The summed E-state index contributed by atoms with van der Waals surface area (Å²) in [7, 11) is 0. The molecule has 1 heterocycles. The second-order valence-corrected chi connectivity index (χ2v) is 3.92. The van der Waals surface area contributed by atoms with Crippen LogP contribution in [0.3, 0.4) is 0 Å². The number of halogens is 3. The summed E-state index contributed by atoms with van der Waals surface area (Å²) in [5.74, 6) is 0. The van der Waals surface area contributed by atoms with Crippen LogP contribution >= 0.6 is 0 Å². The van der Waals surface area contributed by atoms with Gasteiger partial charge in [-0.05, 0) is 20.8 Å². The second kappa shape index (κ2) is 3.70. The summed E-state index contributed by atoms with van der Waals surface area (Å²) in [4.78, 5) is 1.75. The lowest BCUT2D eigenvalue weighted by atomic mass is 9.91. The van der Waals surface area contributed by atoms with Crippen LogP contribution in [0.4, 0.5) is 13.2 Å². The van der Waals surface area contributed by atoms with Crippen molar-refractivity contribution in [2.75, 3.05) is 19.7 Å². The molecule has 0 spiro atoms. The molecule has 0 unspecified atom stereocenters. The average molecular weight is 211 g/mol. The molecule has 0 amide bonds. The number of hydrogen-bond donors (Lipinski definition) is 0. The molecule has 1 fully saturated rings. The Hall–Kier alpha value is -0.290. The van der Waals surface area contributed by atoms with Crippen molar-refractivity contribution in [1.29, 1.82) is 0 Å². The van der Waals surface area contributed by atoms with E-state index in [2.05, 4.69) is 0 Å². The first-order valence-electron chi connectivity index (χ1n) is 4.77. The summed E-state index contributed by atoms with van der Waals surface area (Å²) >= 11 is 0. The first-order chi connectivity index (χ1) is 6.32. The molecule has 0 saturated carbocycles. The van der Waals surface area contributed by atoms with E-state index in [1.165, 1.54) is 0 Å². The molecule has 0 aliphatic carbocycles. The van der Waals surface area contributed by atoms with Crippen LogP contribution in [0.5, 0.6) is 0 Å². The quantitative estimate of drug-likeness (QED) is 0.708. The second-order valence-electron chi connectivity index (χ2n) is 3.92. The summed E-state index contributed by atoms with van der Waals surface area (Å²) in [5.41, 5.74) is -1.91. The van der Waals surface area contributed by atoms with Gasteiger partial charge in [0.1, 0.15) is 0 Å². The van der Waals surface area contributed by atoms with Gasteiger partial charge in [0.25, 0.3) is 0 Å². The van der Waals surface area contributed by atoms with Crippen LogP contribution in [0.1, 0.15) is 20.8 Å². The van der Waals surface area contributed by atoms with Crippen molar-refractivity contribution in [1.82, 2.24) is 4.90 Å². The maximum absolute atomic E-state index is 12.6. The van der Waals surface area contributed by atoms with Gasteiger partial charge in [0.2, 0.25) is 0 Å². The monoisotopic (exact) mass is 211 g/mol. The Morgan fingerprint density at radius 2 is 1.86 bits per heavy atom. The third kappa shape index (κ3) is 1.88. The van der Waals surface area contributed by atoms with Crippen molar-refractivity contribution in [2.24, 2.45) is 0 Å². The van der Waals surface area contributed by atoms with Crippen LogP contribution in [0.2, 0.25) is 0 Å². The van der Waals surface area contributed by atoms with Crippen LogP contribution in [-0.4, -0.2) is 42.4 Å². The van der Waals surface area contributed by atoms with Gasteiger partial charge in [-0.1, -0.05) is 0 Å². The van der Waals surface area contributed by atoms with Crippen molar-refractivity contribution in [3.05, 3.63) is 0 Å². The molecular formula is C9H16F3NO. The zero-order chi connectivity index (χ0) is 11.0. The lowest BCUT2D eigenvalue weighted by Gasteiger charge is -2.51. The van der Waals surface area contributed by atoms with Crippen LogP contribution in [0, 0.1) is 0 Å².